The number of hydrogen-bond donors (Lipinski definition) is 1. The predicted octanol–water partition coefficient (Wildman–Crippen LogP) is 3.47. The Morgan fingerprint density at radius 2 is 1.52 bits per heavy atom. The van der Waals surface area contributed by atoms with Crippen molar-refractivity contribution in [1.29, 1.82) is 0 Å². The third-order valence-electron chi connectivity index (χ3n) is 4.13. The quantitative estimate of drug-likeness (QED) is 0.764. The van der Waals surface area contributed by atoms with Crippen molar-refractivity contribution in [3.8, 4) is 0 Å². The van der Waals surface area contributed by atoms with E-state index >= 15 is 0 Å². The first-order valence-electron chi connectivity index (χ1n) is 8.85. The maximum absolute atomic E-state index is 12.5. The summed E-state index contributed by atoms with van der Waals surface area (Å²) < 4.78 is 26.5. The fraction of sp³-hybridized carbons (Fsp3) is 0.632. The van der Waals surface area contributed by atoms with Gasteiger partial charge >= 0.3 is 0 Å². The second-order valence-electron chi connectivity index (χ2n) is 7.38. The summed E-state index contributed by atoms with van der Waals surface area (Å²) >= 11 is 0. The first kappa shape index (κ1) is 21.5. The maximum atomic E-state index is 12.5. The van der Waals surface area contributed by atoms with Crippen molar-refractivity contribution in [1.82, 2.24) is 5.32 Å². The zero-order valence-corrected chi connectivity index (χ0v) is 17.3. The molecule has 0 aliphatic rings. The number of amides is 1. The molecule has 0 fully saturated rings. The van der Waals surface area contributed by atoms with Gasteiger partial charge in [0.2, 0.25) is 15.9 Å². The van der Waals surface area contributed by atoms with Crippen molar-refractivity contribution in [2.24, 2.45) is 5.92 Å². The number of benzene rings is 1. The summed E-state index contributed by atoms with van der Waals surface area (Å²) in [4.78, 5) is 11.8. The molecule has 1 amide bonds. The van der Waals surface area contributed by atoms with E-state index in [0.717, 1.165) is 16.8 Å². The Kier molecular flexibility index (Phi) is 7.47. The van der Waals surface area contributed by atoms with Crippen LogP contribution in [-0.2, 0) is 14.8 Å². The molecule has 1 aromatic rings. The SMILES string of the molecule is CC(C)C(=O)NCCN(c1c(C(C)C)cccc1C(C)C)S(C)(=O)=O. The van der Waals surface area contributed by atoms with Gasteiger partial charge in [-0.3, -0.25) is 9.10 Å². The van der Waals surface area contributed by atoms with Crippen LogP contribution in [0, 0.1) is 5.92 Å². The molecular weight excluding hydrogens is 336 g/mol. The van der Waals surface area contributed by atoms with Crippen LogP contribution >= 0.6 is 0 Å². The lowest BCUT2D eigenvalue weighted by atomic mass is 9.92. The summed E-state index contributed by atoms with van der Waals surface area (Å²) in [5.41, 5.74) is 2.77. The second kappa shape index (κ2) is 8.70. The first-order chi connectivity index (χ1) is 11.5. The lowest BCUT2D eigenvalue weighted by molar-refractivity contribution is -0.123. The molecule has 0 radical (unpaired) electrons. The Hall–Kier alpha value is -1.56. The van der Waals surface area contributed by atoms with Gasteiger partial charge in [-0.05, 0) is 23.0 Å². The predicted molar refractivity (Wildman–Crippen MR) is 105 cm³/mol. The zero-order chi connectivity index (χ0) is 19.4. The van der Waals surface area contributed by atoms with Gasteiger partial charge in [0.25, 0.3) is 0 Å². The molecule has 6 heteroatoms. The van der Waals surface area contributed by atoms with E-state index in [1.165, 1.54) is 10.6 Å². The minimum atomic E-state index is -3.47. The van der Waals surface area contributed by atoms with Gasteiger partial charge < -0.3 is 5.32 Å². The minimum absolute atomic E-state index is 0.0744. The first-order valence-corrected chi connectivity index (χ1v) is 10.7. The average molecular weight is 369 g/mol. The summed E-state index contributed by atoms with van der Waals surface area (Å²) in [6.45, 7) is 12.4. The third-order valence-corrected chi connectivity index (χ3v) is 5.30. The molecule has 5 nitrogen and oxygen atoms in total. The number of anilines is 1. The topological polar surface area (TPSA) is 66.5 Å². The van der Waals surface area contributed by atoms with E-state index in [-0.39, 0.29) is 36.8 Å². The van der Waals surface area contributed by atoms with Crippen LogP contribution in [-0.4, -0.2) is 33.7 Å². The van der Waals surface area contributed by atoms with Crippen molar-refractivity contribution < 1.29 is 13.2 Å². The molecule has 0 atom stereocenters. The smallest absolute Gasteiger partial charge is 0.232 e. The molecule has 1 rings (SSSR count). The number of hydrogen-bond acceptors (Lipinski definition) is 3. The van der Waals surface area contributed by atoms with Crippen molar-refractivity contribution in [2.75, 3.05) is 23.7 Å². The van der Waals surface area contributed by atoms with Gasteiger partial charge in [0.15, 0.2) is 0 Å². The lowest BCUT2D eigenvalue weighted by Crippen LogP contribution is -2.40. The second-order valence-corrected chi connectivity index (χ2v) is 9.28. The molecule has 0 aliphatic heterocycles. The van der Waals surface area contributed by atoms with E-state index in [0.29, 0.717) is 0 Å². The van der Waals surface area contributed by atoms with E-state index in [1.54, 1.807) is 0 Å². The van der Waals surface area contributed by atoms with Gasteiger partial charge in [-0.1, -0.05) is 59.7 Å². The summed E-state index contributed by atoms with van der Waals surface area (Å²) in [7, 11) is -3.47. The highest BCUT2D eigenvalue weighted by Crippen LogP contribution is 2.36. The average Bonchev–Trinajstić information content (AvgIpc) is 2.49. The van der Waals surface area contributed by atoms with Crippen LogP contribution in [0.5, 0.6) is 0 Å². The van der Waals surface area contributed by atoms with Crippen molar-refractivity contribution in [3.05, 3.63) is 29.3 Å². The Morgan fingerprint density at radius 1 is 1.04 bits per heavy atom. The van der Waals surface area contributed by atoms with Crippen molar-refractivity contribution in [3.63, 3.8) is 0 Å². The van der Waals surface area contributed by atoms with Crippen LogP contribution < -0.4 is 9.62 Å². The summed E-state index contributed by atoms with van der Waals surface area (Å²) in [6, 6.07) is 5.95. The molecule has 0 unspecified atom stereocenters. The molecule has 1 N–H and O–H groups in total. The summed E-state index contributed by atoms with van der Waals surface area (Å²) in [6.07, 6.45) is 1.22. The molecule has 0 saturated heterocycles. The molecular formula is C19H32N2O3S. The molecule has 0 aliphatic carbocycles. The van der Waals surface area contributed by atoms with Crippen LogP contribution in [0.1, 0.15) is 64.5 Å². The Balaban J connectivity index is 3.30. The highest BCUT2D eigenvalue weighted by Gasteiger charge is 2.25. The van der Waals surface area contributed by atoms with Crippen LogP contribution in [0.2, 0.25) is 0 Å². The Bertz CT molecular complexity index is 668. The number of carbonyl (C=O) groups excluding carboxylic acids is 1. The van der Waals surface area contributed by atoms with E-state index in [4.69, 9.17) is 0 Å². The van der Waals surface area contributed by atoms with Crippen molar-refractivity contribution >= 4 is 21.6 Å². The number of carbonyl (C=O) groups is 1. The maximum Gasteiger partial charge on any atom is 0.232 e. The minimum Gasteiger partial charge on any atom is -0.354 e. The lowest BCUT2D eigenvalue weighted by Gasteiger charge is -2.30. The monoisotopic (exact) mass is 368 g/mol. The van der Waals surface area contributed by atoms with Crippen molar-refractivity contribution in [2.45, 2.75) is 53.4 Å². The van der Waals surface area contributed by atoms with Gasteiger partial charge in [-0.25, -0.2) is 8.42 Å². The molecule has 0 saturated carbocycles. The van der Waals surface area contributed by atoms with Crippen LogP contribution in [0.3, 0.4) is 0 Å². The highest BCUT2D eigenvalue weighted by atomic mass is 32.2. The highest BCUT2D eigenvalue weighted by molar-refractivity contribution is 7.92. The molecule has 1 aromatic carbocycles. The molecule has 0 spiro atoms. The fourth-order valence-corrected chi connectivity index (χ4v) is 3.69. The molecule has 142 valence electrons. The number of nitrogens with one attached hydrogen (secondary N) is 1. The van der Waals surface area contributed by atoms with Crippen LogP contribution in [0.25, 0.3) is 0 Å². The van der Waals surface area contributed by atoms with E-state index in [9.17, 15) is 13.2 Å². The number of para-hydroxylation sites is 1. The molecule has 0 bridgehead atoms. The van der Waals surface area contributed by atoms with Gasteiger partial charge in [0, 0.05) is 12.5 Å². The Morgan fingerprint density at radius 3 is 1.88 bits per heavy atom. The van der Waals surface area contributed by atoms with Gasteiger partial charge in [-0.15, -0.1) is 0 Å². The van der Waals surface area contributed by atoms with E-state index in [2.05, 4.69) is 33.0 Å². The van der Waals surface area contributed by atoms with Gasteiger partial charge in [-0.2, -0.15) is 0 Å². The standard InChI is InChI=1S/C19H32N2O3S/c1-13(2)16-9-8-10-17(14(3)4)18(16)21(25(7,23)24)12-11-20-19(22)15(5)6/h8-10,13-15H,11-12H2,1-7H3,(H,20,22). The fourth-order valence-electron chi connectivity index (χ4n) is 2.73. The third kappa shape index (κ3) is 5.73. The van der Waals surface area contributed by atoms with E-state index in [1.807, 2.05) is 32.0 Å². The normalized spacial score (nSPS) is 12.1. The van der Waals surface area contributed by atoms with Gasteiger partial charge in [0.1, 0.15) is 0 Å². The van der Waals surface area contributed by atoms with Gasteiger partial charge in [0.05, 0.1) is 18.5 Å². The Labute approximate surface area is 152 Å². The van der Waals surface area contributed by atoms with Crippen LogP contribution in [0.4, 0.5) is 5.69 Å². The zero-order valence-electron chi connectivity index (χ0n) is 16.5. The molecule has 0 aromatic heterocycles. The molecule has 25 heavy (non-hydrogen) atoms. The van der Waals surface area contributed by atoms with Crippen LogP contribution in [0.15, 0.2) is 18.2 Å². The number of nitrogens with zero attached hydrogens (tertiary/aromatic N) is 1. The molecule has 0 heterocycles. The largest absolute Gasteiger partial charge is 0.354 e. The summed E-state index contributed by atoms with van der Waals surface area (Å²) in [5, 5.41) is 2.81. The number of rotatable bonds is 8. The number of sulfonamides is 1. The van der Waals surface area contributed by atoms with E-state index < -0.39 is 10.0 Å². The summed E-state index contributed by atoms with van der Waals surface area (Å²) in [5.74, 6) is 0.196.